The minimum Gasteiger partial charge on any atom is -0.493 e. The van der Waals surface area contributed by atoms with E-state index in [4.69, 9.17) is 14.2 Å². The van der Waals surface area contributed by atoms with Crippen LogP contribution in [0.1, 0.15) is 29.6 Å². The van der Waals surface area contributed by atoms with Crippen LogP contribution in [0.3, 0.4) is 0 Å². The fourth-order valence-corrected chi connectivity index (χ4v) is 3.14. The molecular weight excluding hydrogens is 340 g/mol. The molecule has 1 saturated heterocycles. The molecule has 0 bridgehead atoms. The van der Waals surface area contributed by atoms with Crippen molar-refractivity contribution in [3.05, 3.63) is 17.7 Å². The third-order valence-corrected chi connectivity index (χ3v) is 4.70. The minimum atomic E-state index is -0.608. The average Bonchev–Trinajstić information content (AvgIpc) is 3.42. The molecule has 3 rings (SSSR count). The summed E-state index contributed by atoms with van der Waals surface area (Å²) in [4.78, 5) is 38.6. The van der Waals surface area contributed by atoms with Gasteiger partial charge in [0.25, 0.3) is 0 Å². The Kier molecular flexibility index (Phi) is 5.01. The second-order valence-electron chi connectivity index (χ2n) is 6.41. The first-order valence-electron chi connectivity index (χ1n) is 8.43. The van der Waals surface area contributed by atoms with Crippen LogP contribution < -0.4 is 14.8 Å². The Balaban J connectivity index is 1.82. The van der Waals surface area contributed by atoms with E-state index in [1.54, 1.807) is 4.90 Å². The fourth-order valence-electron chi connectivity index (χ4n) is 3.14. The molecule has 2 fully saturated rings. The molecule has 2 aliphatic rings. The van der Waals surface area contributed by atoms with Crippen LogP contribution in [0.5, 0.6) is 11.5 Å². The molecule has 0 radical (unpaired) electrons. The van der Waals surface area contributed by atoms with Crippen LogP contribution in [0.15, 0.2) is 12.1 Å². The van der Waals surface area contributed by atoms with Crippen LogP contribution in [0, 0.1) is 5.92 Å². The lowest BCUT2D eigenvalue weighted by molar-refractivity contribution is -0.128. The Morgan fingerprint density at radius 3 is 2.35 bits per heavy atom. The molecule has 1 aliphatic carbocycles. The van der Waals surface area contributed by atoms with Crippen LogP contribution >= 0.6 is 0 Å². The van der Waals surface area contributed by atoms with E-state index in [0.29, 0.717) is 18.0 Å². The van der Waals surface area contributed by atoms with Gasteiger partial charge in [0.05, 0.1) is 38.5 Å². The molecule has 1 atom stereocenters. The largest absolute Gasteiger partial charge is 0.493 e. The topological polar surface area (TPSA) is 94.2 Å². The van der Waals surface area contributed by atoms with Gasteiger partial charge in [-0.3, -0.25) is 9.59 Å². The number of amides is 2. The molecule has 140 valence electrons. The Hall–Kier alpha value is -2.77. The van der Waals surface area contributed by atoms with Gasteiger partial charge < -0.3 is 24.4 Å². The lowest BCUT2D eigenvalue weighted by Gasteiger charge is -2.17. The number of rotatable bonds is 6. The van der Waals surface area contributed by atoms with E-state index in [9.17, 15) is 14.4 Å². The number of likely N-dealkylation sites (tertiary alicyclic amines) is 1. The molecule has 1 N–H and O–H groups in total. The number of nitrogens with zero attached hydrogens (tertiary/aromatic N) is 1. The van der Waals surface area contributed by atoms with E-state index >= 15 is 0 Å². The van der Waals surface area contributed by atoms with Crippen molar-refractivity contribution in [2.24, 2.45) is 5.92 Å². The molecule has 1 saturated carbocycles. The van der Waals surface area contributed by atoms with E-state index in [1.165, 1.54) is 33.5 Å². The zero-order chi connectivity index (χ0) is 18.8. The molecular formula is C18H22N2O6. The number of hydrogen-bond acceptors (Lipinski definition) is 6. The zero-order valence-electron chi connectivity index (χ0n) is 15.0. The van der Waals surface area contributed by atoms with E-state index in [-0.39, 0.29) is 35.5 Å². The third-order valence-electron chi connectivity index (χ3n) is 4.70. The van der Waals surface area contributed by atoms with Crippen LogP contribution in [-0.4, -0.2) is 56.6 Å². The Morgan fingerprint density at radius 1 is 1.12 bits per heavy atom. The SMILES string of the molecule is COC(=O)c1cc(OC)c(OC)cc1NC(=O)[C@@H]1CC(=O)N(C2CC2)C1. The lowest BCUT2D eigenvalue weighted by Crippen LogP contribution is -2.30. The first-order valence-corrected chi connectivity index (χ1v) is 8.43. The van der Waals surface area contributed by atoms with Gasteiger partial charge in [-0.25, -0.2) is 4.79 Å². The normalized spacial score (nSPS) is 19.3. The summed E-state index contributed by atoms with van der Waals surface area (Å²) >= 11 is 0. The van der Waals surface area contributed by atoms with Crippen LogP contribution in [0.4, 0.5) is 5.69 Å². The highest BCUT2D eigenvalue weighted by molar-refractivity contribution is 6.04. The first-order chi connectivity index (χ1) is 12.5. The lowest BCUT2D eigenvalue weighted by atomic mass is 10.1. The smallest absolute Gasteiger partial charge is 0.340 e. The summed E-state index contributed by atoms with van der Waals surface area (Å²) in [7, 11) is 4.17. The van der Waals surface area contributed by atoms with Gasteiger partial charge in [-0.2, -0.15) is 0 Å². The number of hydrogen-bond donors (Lipinski definition) is 1. The molecule has 8 heteroatoms. The van der Waals surface area contributed by atoms with Gasteiger partial charge in [-0.1, -0.05) is 0 Å². The van der Waals surface area contributed by atoms with Gasteiger partial charge in [0, 0.05) is 31.1 Å². The standard InChI is InChI=1S/C18H22N2O6/c1-24-14-7-12(18(23)26-3)13(8-15(14)25-2)19-17(22)10-6-16(21)20(9-10)11-4-5-11/h7-8,10-11H,4-6,9H2,1-3H3,(H,19,22)/t10-/m1/s1. The number of esters is 1. The summed E-state index contributed by atoms with van der Waals surface area (Å²) in [5.41, 5.74) is 0.415. The molecule has 2 amide bonds. The van der Waals surface area contributed by atoms with E-state index in [0.717, 1.165) is 12.8 Å². The number of ether oxygens (including phenoxy) is 3. The predicted octanol–water partition coefficient (Wildman–Crippen LogP) is 1.44. The van der Waals surface area contributed by atoms with Gasteiger partial charge in [-0.05, 0) is 12.8 Å². The van der Waals surface area contributed by atoms with Gasteiger partial charge in [0.1, 0.15) is 0 Å². The molecule has 1 heterocycles. The summed E-state index contributed by atoms with van der Waals surface area (Å²) in [6.07, 6.45) is 2.19. The molecule has 1 aliphatic heterocycles. The molecule has 1 aromatic rings. The Bertz CT molecular complexity index is 743. The van der Waals surface area contributed by atoms with Gasteiger partial charge >= 0.3 is 5.97 Å². The monoisotopic (exact) mass is 362 g/mol. The zero-order valence-corrected chi connectivity index (χ0v) is 15.0. The molecule has 8 nitrogen and oxygen atoms in total. The molecule has 0 spiro atoms. The van der Waals surface area contributed by atoms with Crippen molar-refractivity contribution >= 4 is 23.5 Å². The highest BCUT2D eigenvalue weighted by Crippen LogP contribution is 2.35. The maximum absolute atomic E-state index is 12.7. The molecule has 26 heavy (non-hydrogen) atoms. The average molecular weight is 362 g/mol. The number of anilines is 1. The van der Waals surface area contributed by atoms with Crippen molar-refractivity contribution < 1.29 is 28.6 Å². The van der Waals surface area contributed by atoms with Crippen molar-refractivity contribution in [3.8, 4) is 11.5 Å². The van der Waals surface area contributed by atoms with Gasteiger partial charge in [0.15, 0.2) is 11.5 Å². The summed E-state index contributed by atoms with van der Waals surface area (Å²) in [6.45, 7) is 0.413. The fraction of sp³-hybridized carbons (Fsp3) is 0.500. The molecule has 0 unspecified atom stereocenters. The highest BCUT2D eigenvalue weighted by atomic mass is 16.5. The number of nitrogens with one attached hydrogen (secondary N) is 1. The van der Waals surface area contributed by atoms with Crippen molar-refractivity contribution in [3.63, 3.8) is 0 Å². The second kappa shape index (κ2) is 7.23. The predicted molar refractivity (Wildman–Crippen MR) is 92.4 cm³/mol. The number of methoxy groups -OCH3 is 3. The number of carbonyl (C=O) groups is 3. The van der Waals surface area contributed by atoms with Gasteiger partial charge in [0.2, 0.25) is 11.8 Å². The van der Waals surface area contributed by atoms with E-state index < -0.39 is 11.9 Å². The Labute approximate surface area is 151 Å². The maximum atomic E-state index is 12.7. The van der Waals surface area contributed by atoms with Crippen molar-refractivity contribution in [2.45, 2.75) is 25.3 Å². The summed E-state index contributed by atoms with van der Waals surface area (Å²) in [6, 6.07) is 3.25. The van der Waals surface area contributed by atoms with Crippen molar-refractivity contribution in [1.29, 1.82) is 0 Å². The molecule has 0 aromatic heterocycles. The van der Waals surface area contributed by atoms with E-state index in [1.807, 2.05) is 0 Å². The highest BCUT2D eigenvalue weighted by Gasteiger charge is 2.41. The number of benzene rings is 1. The quantitative estimate of drug-likeness (QED) is 0.770. The summed E-state index contributed by atoms with van der Waals surface area (Å²) < 4.78 is 15.2. The van der Waals surface area contributed by atoms with Crippen LogP contribution in [-0.2, 0) is 14.3 Å². The van der Waals surface area contributed by atoms with Crippen molar-refractivity contribution in [2.75, 3.05) is 33.2 Å². The second-order valence-corrected chi connectivity index (χ2v) is 6.41. The van der Waals surface area contributed by atoms with Crippen LogP contribution in [0.25, 0.3) is 0 Å². The summed E-state index contributed by atoms with van der Waals surface area (Å²) in [5.74, 6) is -0.628. The van der Waals surface area contributed by atoms with Crippen molar-refractivity contribution in [1.82, 2.24) is 4.90 Å². The van der Waals surface area contributed by atoms with Gasteiger partial charge in [-0.15, -0.1) is 0 Å². The number of carbonyl (C=O) groups excluding carboxylic acids is 3. The molecule has 1 aromatic carbocycles. The third kappa shape index (κ3) is 3.44. The Morgan fingerprint density at radius 2 is 1.77 bits per heavy atom. The van der Waals surface area contributed by atoms with Crippen LogP contribution in [0.2, 0.25) is 0 Å². The maximum Gasteiger partial charge on any atom is 0.340 e. The van der Waals surface area contributed by atoms with E-state index in [2.05, 4.69) is 5.32 Å². The summed E-state index contributed by atoms with van der Waals surface area (Å²) in [5, 5.41) is 2.74. The first kappa shape index (κ1) is 18.0. The minimum absolute atomic E-state index is 0.00755.